The Labute approximate surface area is 83.6 Å². The molecule has 0 aromatic heterocycles. The molecule has 0 aromatic rings. The second kappa shape index (κ2) is 3.45. The highest BCUT2D eigenvalue weighted by atomic mass is 16.2. The van der Waals surface area contributed by atoms with Crippen LogP contribution in [0.2, 0.25) is 0 Å². The first-order valence-corrected chi connectivity index (χ1v) is 5.00. The fourth-order valence-corrected chi connectivity index (χ4v) is 2.62. The van der Waals surface area contributed by atoms with Crippen molar-refractivity contribution in [2.45, 2.75) is 25.7 Å². The quantitative estimate of drug-likeness (QED) is 0.413. The van der Waals surface area contributed by atoms with Gasteiger partial charge >= 0.3 is 0 Å². The van der Waals surface area contributed by atoms with Crippen molar-refractivity contribution in [1.82, 2.24) is 0 Å². The molecule has 0 amide bonds. The summed E-state index contributed by atoms with van der Waals surface area (Å²) in [4.78, 5) is 10.9. The van der Waals surface area contributed by atoms with Gasteiger partial charge in [-0.15, -0.1) is 0 Å². The van der Waals surface area contributed by atoms with Gasteiger partial charge in [0.1, 0.15) is 6.29 Å². The number of hydrogen-bond acceptors (Lipinski definition) is 2. The van der Waals surface area contributed by atoms with Crippen LogP contribution in [0.3, 0.4) is 0 Å². The van der Waals surface area contributed by atoms with E-state index in [0.717, 1.165) is 38.2 Å². The molecular weight excluding hydrogens is 176 g/mol. The molecule has 1 fully saturated rings. The minimum atomic E-state index is -0.175. The summed E-state index contributed by atoms with van der Waals surface area (Å²) in [6, 6.07) is 0. The number of hydrogen-bond donors (Lipinski definition) is 1. The smallest absolute Gasteiger partial charge is 0.149 e. The summed E-state index contributed by atoms with van der Waals surface area (Å²) >= 11 is 0. The standard InChI is InChI=1S/C12H14O2/c13-8-11(9-14)12-6-2-1-4-10(12)5-3-7-12/h1-2,4,8-9,13H,3,5-7H2/b11-8+. The topological polar surface area (TPSA) is 37.3 Å². The molecule has 1 unspecified atom stereocenters. The molecule has 0 bridgehead atoms. The number of allylic oxidation sites excluding steroid dienone is 5. The third kappa shape index (κ3) is 1.14. The minimum Gasteiger partial charge on any atom is -0.515 e. The van der Waals surface area contributed by atoms with Crippen LogP contribution in [0.25, 0.3) is 0 Å². The predicted molar refractivity (Wildman–Crippen MR) is 54.9 cm³/mol. The van der Waals surface area contributed by atoms with Gasteiger partial charge in [0.15, 0.2) is 0 Å². The molecule has 14 heavy (non-hydrogen) atoms. The minimum absolute atomic E-state index is 0.175. The van der Waals surface area contributed by atoms with Gasteiger partial charge in [-0.25, -0.2) is 0 Å². The summed E-state index contributed by atoms with van der Waals surface area (Å²) in [5, 5.41) is 9.08. The van der Waals surface area contributed by atoms with Gasteiger partial charge in [-0.3, -0.25) is 4.79 Å². The molecule has 1 saturated carbocycles. The normalized spacial score (nSPS) is 31.1. The summed E-state index contributed by atoms with van der Waals surface area (Å²) in [6.45, 7) is 0. The van der Waals surface area contributed by atoms with Crippen LogP contribution in [0.4, 0.5) is 0 Å². The van der Waals surface area contributed by atoms with Crippen molar-refractivity contribution in [3.05, 3.63) is 35.6 Å². The molecule has 74 valence electrons. The predicted octanol–water partition coefficient (Wildman–Crippen LogP) is 2.68. The number of carbonyl (C=O) groups excluding carboxylic acids is 1. The van der Waals surface area contributed by atoms with Gasteiger partial charge in [-0.1, -0.05) is 23.8 Å². The first-order chi connectivity index (χ1) is 6.83. The largest absolute Gasteiger partial charge is 0.515 e. The van der Waals surface area contributed by atoms with E-state index < -0.39 is 0 Å². The Morgan fingerprint density at radius 3 is 3.14 bits per heavy atom. The second-order valence-electron chi connectivity index (χ2n) is 3.96. The molecule has 0 radical (unpaired) electrons. The average molecular weight is 190 g/mol. The Bertz CT molecular complexity index is 336. The molecule has 0 aromatic carbocycles. The zero-order chi connectivity index (χ0) is 10.0. The molecule has 2 aliphatic carbocycles. The van der Waals surface area contributed by atoms with E-state index in [4.69, 9.17) is 5.11 Å². The van der Waals surface area contributed by atoms with E-state index in [1.807, 2.05) is 6.08 Å². The highest BCUT2D eigenvalue weighted by Crippen LogP contribution is 2.51. The molecule has 2 aliphatic rings. The van der Waals surface area contributed by atoms with Gasteiger partial charge in [0, 0.05) is 11.0 Å². The zero-order valence-corrected chi connectivity index (χ0v) is 8.07. The second-order valence-corrected chi connectivity index (χ2v) is 3.96. The SMILES string of the molecule is O=C/C(=C\O)C12CC=CC=C1CCC2. The van der Waals surface area contributed by atoms with Crippen molar-refractivity contribution in [3.8, 4) is 0 Å². The lowest BCUT2D eigenvalue weighted by molar-refractivity contribution is -0.105. The maximum Gasteiger partial charge on any atom is 0.149 e. The Balaban J connectivity index is 2.43. The van der Waals surface area contributed by atoms with Crippen LogP contribution < -0.4 is 0 Å². The first-order valence-electron chi connectivity index (χ1n) is 5.00. The van der Waals surface area contributed by atoms with E-state index in [9.17, 15) is 4.79 Å². The number of aliphatic hydroxyl groups excluding tert-OH is 1. The van der Waals surface area contributed by atoms with Gasteiger partial charge in [0.25, 0.3) is 0 Å². The number of rotatable bonds is 2. The number of fused-ring (bicyclic) bond motifs is 1. The average Bonchev–Trinajstić information content (AvgIpc) is 2.64. The van der Waals surface area contributed by atoms with Crippen molar-refractivity contribution in [3.63, 3.8) is 0 Å². The van der Waals surface area contributed by atoms with Crippen molar-refractivity contribution in [1.29, 1.82) is 0 Å². The third-order valence-electron chi connectivity index (χ3n) is 3.38. The first kappa shape index (κ1) is 9.25. The van der Waals surface area contributed by atoms with Gasteiger partial charge < -0.3 is 5.11 Å². The van der Waals surface area contributed by atoms with E-state index in [1.165, 1.54) is 5.57 Å². The van der Waals surface area contributed by atoms with Gasteiger partial charge in [-0.05, 0) is 25.7 Å². The summed E-state index contributed by atoms with van der Waals surface area (Å²) in [5.41, 5.74) is 1.66. The zero-order valence-electron chi connectivity index (χ0n) is 8.07. The molecule has 1 N–H and O–H groups in total. The Morgan fingerprint density at radius 1 is 1.57 bits per heavy atom. The van der Waals surface area contributed by atoms with E-state index in [0.29, 0.717) is 5.57 Å². The van der Waals surface area contributed by atoms with Gasteiger partial charge in [-0.2, -0.15) is 0 Å². The molecule has 0 saturated heterocycles. The fourth-order valence-electron chi connectivity index (χ4n) is 2.62. The van der Waals surface area contributed by atoms with Crippen LogP contribution in [-0.2, 0) is 4.79 Å². The van der Waals surface area contributed by atoms with Crippen LogP contribution in [0.15, 0.2) is 35.6 Å². The molecule has 2 nitrogen and oxygen atoms in total. The van der Waals surface area contributed by atoms with Crippen molar-refractivity contribution in [2.75, 3.05) is 0 Å². The van der Waals surface area contributed by atoms with E-state index >= 15 is 0 Å². The summed E-state index contributed by atoms with van der Waals surface area (Å²) < 4.78 is 0. The number of aliphatic hydroxyl groups is 1. The van der Waals surface area contributed by atoms with Gasteiger partial charge in [0.05, 0.1) is 6.26 Å². The lowest BCUT2D eigenvalue weighted by Crippen LogP contribution is -2.23. The van der Waals surface area contributed by atoms with Crippen molar-refractivity contribution < 1.29 is 9.90 Å². The van der Waals surface area contributed by atoms with Crippen LogP contribution in [0, 0.1) is 5.41 Å². The van der Waals surface area contributed by atoms with Crippen molar-refractivity contribution in [2.24, 2.45) is 5.41 Å². The van der Waals surface area contributed by atoms with Crippen molar-refractivity contribution >= 4 is 6.29 Å². The Kier molecular flexibility index (Phi) is 2.28. The third-order valence-corrected chi connectivity index (χ3v) is 3.38. The molecule has 2 rings (SSSR count). The fraction of sp³-hybridized carbons (Fsp3) is 0.417. The van der Waals surface area contributed by atoms with Crippen LogP contribution in [0.5, 0.6) is 0 Å². The van der Waals surface area contributed by atoms with Crippen LogP contribution >= 0.6 is 0 Å². The molecule has 0 aliphatic heterocycles. The van der Waals surface area contributed by atoms with Crippen LogP contribution in [0.1, 0.15) is 25.7 Å². The monoisotopic (exact) mass is 190 g/mol. The maximum absolute atomic E-state index is 10.9. The van der Waals surface area contributed by atoms with E-state index in [-0.39, 0.29) is 5.41 Å². The Hall–Kier alpha value is -1.31. The van der Waals surface area contributed by atoms with E-state index in [2.05, 4.69) is 12.2 Å². The number of carbonyl (C=O) groups is 1. The lowest BCUT2D eigenvalue weighted by Gasteiger charge is -2.31. The van der Waals surface area contributed by atoms with Crippen LogP contribution in [-0.4, -0.2) is 11.4 Å². The highest BCUT2D eigenvalue weighted by Gasteiger charge is 2.41. The maximum atomic E-state index is 10.9. The Morgan fingerprint density at radius 2 is 2.43 bits per heavy atom. The van der Waals surface area contributed by atoms with Gasteiger partial charge in [0.2, 0.25) is 0 Å². The summed E-state index contributed by atoms with van der Waals surface area (Å²) in [6.07, 6.45) is 12.0. The molecule has 2 heteroatoms. The molecular formula is C12H14O2. The molecule has 1 atom stereocenters. The lowest BCUT2D eigenvalue weighted by atomic mass is 9.71. The summed E-state index contributed by atoms with van der Waals surface area (Å²) in [7, 11) is 0. The highest BCUT2D eigenvalue weighted by molar-refractivity contribution is 5.77. The molecule has 0 spiro atoms. The molecule has 0 heterocycles. The summed E-state index contributed by atoms with van der Waals surface area (Å²) in [5.74, 6) is 0. The van der Waals surface area contributed by atoms with E-state index in [1.54, 1.807) is 0 Å². The number of aldehydes is 1.